The van der Waals surface area contributed by atoms with Crippen molar-refractivity contribution in [2.24, 2.45) is 0 Å². The number of hydrogen-bond donors (Lipinski definition) is 2. The predicted molar refractivity (Wildman–Crippen MR) is 96.2 cm³/mol. The fourth-order valence-corrected chi connectivity index (χ4v) is 4.39. The van der Waals surface area contributed by atoms with Crippen molar-refractivity contribution in [2.45, 2.75) is 30.5 Å². The highest BCUT2D eigenvalue weighted by molar-refractivity contribution is 8.00. The van der Waals surface area contributed by atoms with Crippen molar-refractivity contribution in [1.82, 2.24) is 10.2 Å². The molecular formula is C18H18N2O6S. The molecule has 2 aliphatic heterocycles. The van der Waals surface area contributed by atoms with Gasteiger partial charge in [-0.05, 0) is 5.56 Å². The van der Waals surface area contributed by atoms with Crippen LogP contribution >= 0.6 is 11.8 Å². The van der Waals surface area contributed by atoms with E-state index < -0.39 is 17.3 Å². The Morgan fingerprint density at radius 2 is 2.00 bits per heavy atom. The summed E-state index contributed by atoms with van der Waals surface area (Å²) in [6.45, 7) is 0.897. The highest BCUT2D eigenvalue weighted by atomic mass is 32.2. The van der Waals surface area contributed by atoms with Gasteiger partial charge < -0.3 is 15.2 Å². The van der Waals surface area contributed by atoms with Crippen LogP contribution in [0.15, 0.2) is 41.6 Å². The molecule has 0 radical (unpaired) electrons. The van der Waals surface area contributed by atoms with Crippen LogP contribution in [0.1, 0.15) is 18.9 Å². The molecule has 8 nitrogen and oxygen atoms in total. The fraction of sp³-hybridized carbons (Fsp3) is 0.333. The number of β-lactam (4-membered cyclic amide) rings is 1. The van der Waals surface area contributed by atoms with Crippen molar-refractivity contribution in [3.05, 3.63) is 47.2 Å². The predicted octanol–water partition coefficient (Wildman–Crippen LogP) is 0.878. The average Bonchev–Trinajstić information content (AvgIpc) is 2.60. The van der Waals surface area contributed by atoms with E-state index in [2.05, 4.69) is 5.32 Å². The fourth-order valence-electron chi connectivity index (χ4n) is 2.95. The van der Waals surface area contributed by atoms with Gasteiger partial charge in [-0.1, -0.05) is 30.3 Å². The summed E-state index contributed by atoms with van der Waals surface area (Å²) in [5.41, 5.74) is 0.787. The molecule has 3 rings (SSSR count). The second kappa shape index (κ2) is 7.83. The van der Waals surface area contributed by atoms with E-state index in [1.54, 1.807) is 0 Å². The molecule has 1 saturated heterocycles. The molecule has 27 heavy (non-hydrogen) atoms. The molecule has 0 aromatic heterocycles. The van der Waals surface area contributed by atoms with Crippen molar-refractivity contribution in [1.29, 1.82) is 0 Å². The van der Waals surface area contributed by atoms with Gasteiger partial charge in [0.1, 0.15) is 17.7 Å². The number of benzene rings is 1. The molecule has 2 atom stereocenters. The summed E-state index contributed by atoms with van der Waals surface area (Å²) < 4.78 is 4.97. The first kappa shape index (κ1) is 19.0. The Balaban J connectivity index is 1.83. The van der Waals surface area contributed by atoms with Crippen LogP contribution in [0, 0.1) is 0 Å². The quantitative estimate of drug-likeness (QED) is 0.548. The molecule has 2 amide bonds. The third kappa shape index (κ3) is 4.13. The summed E-state index contributed by atoms with van der Waals surface area (Å²) in [4.78, 5) is 48.4. The molecule has 1 fully saturated rings. The number of amides is 2. The van der Waals surface area contributed by atoms with Crippen LogP contribution in [0.4, 0.5) is 0 Å². The van der Waals surface area contributed by atoms with Crippen molar-refractivity contribution in [3.63, 3.8) is 0 Å². The van der Waals surface area contributed by atoms with E-state index in [4.69, 9.17) is 4.74 Å². The molecule has 0 saturated carbocycles. The van der Waals surface area contributed by atoms with E-state index in [-0.39, 0.29) is 47.9 Å². The summed E-state index contributed by atoms with van der Waals surface area (Å²) in [5, 5.41) is 11.3. The molecule has 142 valence electrons. The van der Waals surface area contributed by atoms with Crippen LogP contribution in [0.25, 0.3) is 0 Å². The van der Waals surface area contributed by atoms with E-state index in [9.17, 15) is 24.3 Å². The van der Waals surface area contributed by atoms with Crippen molar-refractivity contribution in [2.75, 3.05) is 6.61 Å². The Labute approximate surface area is 159 Å². The number of fused-ring (bicyclic) bond motifs is 1. The number of rotatable bonds is 6. The second-order valence-electron chi connectivity index (χ2n) is 6.13. The van der Waals surface area contributed by atoms with Gasteiger partial charge in [-0.3, -0.25) is 19.3 Å². The number of thioether (sulfide) groups is 1. The SMILES string of the molecule is CC(=O)OCC1=C(C(=O)O)N2C(=O)C[C@H]2SC1NC(=O)Cc1ccccc1. The zero-order valence-corrected chi connectivity index (χ0v) is 15.3. The number of nitrogens with zero attached hydrogens (tertiary/aromatic N) is 1. The smallest absolute Gasteiger partial charge is 0.352 e. The Hall–Kier alpha value is -2.81. The van der Waals surface area contributed by atoms with Crippen LogP contribution < -0.4 is 5.32 Å². The number of aliphatic carboxylic acids is 1. The molecule has 1 unspecified atom stereocenters. The molecule has 0 aliphatic carbocycles. The first-order valence-electron chi connectivity index (χ1n) is 8.27. The van der Waals surface area contributed by atoms with Gasteiger partial charge in [0.2, 0.25) is 11.8 Å². The number of carbonyl (C=O) groups excluding carboxylic acids is 3. The first-order chi connectivity index (χ1) is 12.9. The van der Waals surface area contributed by atoms with Gasteiger partial charge in [0.15, 0.2) is 0 Å². The van der Waals surface area contributed by atoms with Crippen molar-refractivity contribution in [3.8, 4) is 0 Å². The van der Waals surface area contributed by atoms with Crippen LogP contribution in [-0.2, 0) is 30.3 Å². The van der Waals surface area contributed by atoms with Crippen LogP contribution in [-0.4, -0.2) is 51.1 Å². The van der Waals surface area contributed by atoms with Crippen LogP contribution in [0.5, 0.6) is 0 Å². The maximum Gasteiger partial charge on any atom is 0.352 e. The van der Waals surface area contributed by atoms with E-state index in [1.807, 2.05) is 30.3 Å². The molecule has 1 aromatic rings. The summed E-state index contributed by atoms with van der Waals surface area (Å²) in [5.74, 6) is -2.47. The number of ether oxygens (including phenoxy) is 1. The lowest BCUT2D eigenvalue weighted by Gasteiger charge is -2.46. The third-order valence-corrected chi connectivity index (χ3v) is 5.56. The summed E-state index contributed by atoms with van der Waals surface area (Å²) >= 11 is 1.27. The minimum Gasteiger partial charge on any atom is -0.477 e. The normalized spacial score (nSPS) is 21.2. The zero-order valence-electron chi connectivity index (χ0n) is 14.5. The molecular weight excluding hydrogens is 372 g/mol. The summed E-state index contributed by atoms with van der Waals surface area (Å²) in [7, 11) is 0. The maximum absolute atomic E-state index is 12.4. The lowest BCUT2D eigenvalue weighted by atomic mass is 10.1. The minimum atomic E-state index is -1.29. The standard InChI is InChI=1S/C18H18N2O6S/c1-10(21)26-9-12-16(18(24)25)20-14(23)8-15(20)27-17(12)19-13(22)7-11-5-3-2-4-6-11/h2-6,15,17H,7-9H2,1H3,(H,19,22)(H,24,25)/t15-,17?/m1/s1. The van der Waals surface area contributed by atoms with Crippen LogP contribution in [0.3, 0.4) is 0 Å². The van der Waals surface area contributed by atoms with Crippen LogP contribution in [0.2, 0.25) is 0 Å². The topological polar surface area (TPSA) is 113 Å². The van der Waals surface area contributed by atoms with E-state index in [0.29, 0.717) is 0 Å². The number of carboxylic acids is 1. The van der Waals surface area contributed by atoms with Crippen molar-refractivity contribution < 1.29 is 29.0 Å². The minimum absolute atomic E-state index is 0.133. The van der Waals surface area contributed by atoms with Gasteiger partial charge in [0, 0.05) is 12.5 Å². The number of carbonyl (C=O) groups is 4. The van der Waals surface area contributed by atoms with E-state index in [0.717, 1.165) is 5.56 Å². The summed E-state index contributed by atoms with van der Waals surface area (Å²) in [6, 6.07) is 9.13. The summed E-state index contributed by atoms with van der Waals surface area (Å²) in [6.07, 6.45) is 0.335. The third-order valence-electron chi connectivity index (χ3n) is 4.19. The number of nitrogens with one attached hydrogen (secondary N) is 1. The number of carboxylic acid groups (broad SMARTS) is 1. The highest BCUT2D eigenvalue weighted by Crippen LogP contribution is 2.43. The molecule has 0 spiro atoms. The zero-order chi connectivity index (χ0) is 19.6. The lowest BCUT2D eigenvalue weighted by molar-refractivity contribution is -0.146. The average molecular weight is 390 g/mol. The van der Waals surface area contributed by atoms with E-state index in [1.165, 1.54) is 23.6 Å². The first-order valence-corrected chi connectivity index (χ1v) is 9.21. The van der Waals surface area contributed by atoms with Gasteiger partial charge in [-0.2, -0.15) is 0 Å². The van der Waals surface area contributed by atoms with Gasteiger partial charge >= 0.3 is 11.9 Å². The van der Waals surface area contributed by atoms with Gasteiger partial charge in [-0.15, -0.1) is 11.8 Å². The lowest BCUT2D eigenvalue weighted by Crippen LogP contribution is -2.57. The number of hydrogen-bond acceptors (Lipinski definition) is 6. The highest BCUT2D eigenvalue weighted by Gasteiger charge is 2.49. The Bertz CT molecular complexity index is 822. The van der Waals surface area contributed by atoms with Crippen molar-refractivity contribution >= 4 is 35.5 Å². The Morgan fingerprint density at radius 1 is 1.30 bits per heavy atom. The molecule has 9 heteroatoms. The molecule has 1 aromatic carbocycles. The second-order valence-corrected chi connectivity index (χ2v) is 7.42. The number of esters is 1. The van der Waals surface area contributed by atoms with E-state index >= 15 is 0 Å². The van der Waals surface area contributed by atoms with Gasteiger partial charge in [0.05, 0.1) is 18.2 Å². The monoisotopic (exact) mass is 390 g/mol. The maximum atomic E-state index is 12.4. The van der Waals surface area contributed by atoms with Gasteiger partial charge in [0.25, 0.3) is 0 Å². The molecule has 2 aliphatic rings. The molecule has 0 bridgehead atoms. The molecule has 2 heterocycles. The van der Waals surface area contributed by atoms with Gasteiger partial charge in [-0.25, -0.2) is 4.79 Å². The Kier molecular flexibility index (Phi) is 5.50. The largest absolute Gasteiger partial charge is 0.477 e. The Morgan fingerprint density at radius 3 is 2.59 bits per heavy atom. The molecule has 2 N–H and O–H groups in total.